The van der Waals surface area contributed by atoms with E-state index in [1.807, 2.05) is 0 Å². The lowest BCUT2D eigenvalue weighted by Crippen LogP contribution is -2.30. The number of benzene rings is 1. The summed E-state index contributed by atoms with van der Waals surface area (Å²) in [6, 6.07) is 4.43. The molecule has 0 spiro atoms. The summed E-state index contributed by atoms with van der Waals surface area (Å²) in [5, 5.41) is 10.8. The Bertz CT molecular complexity index is 491. The number of amides is 1. The van der Waals surface area contributed by atoms with Gasteiger partial charge in [0.15, 0.2) is 0 Å². The highest BCUT2D eigenvalue weighted by molar-refractivity contribution is 9.10. The van der Waals surface area contributed by atoms with Crippen LogP contribution in [0.1, 0.15) is 30.6 Å². The van der Waals surface area contributed by atoms with Crippen molar-refractivity contribution in [1.29, 1.82) is 0 Å². The lowest BCUT2D eigenvalue weighted by atomic mass is 10.1. The van der Waals surface area contributed by atoms with Gasteiger partial charge in [-0.25, -0.2) is 0 Å². The topological polar surface area (TPSA) is 63.5 Å². The molecule has 1 rings (SSSR count). The summed E-state index contributed by atoms with van der Waals surface area (Å²) in [5.74, 6) is 0.204. The minimum absolute atomic E-state index is 0.0946. The molecule has 1 atom stereocenters. The Morgan fingerprint density at radius 3 is 2.68 bits per heavy atom. The summed E-state index contributed by atoms with van der Waals surface area (Å²) >= 11 is 3.10. The van der Waals surface area contributed by atoms with Crippen LogP contribution in [0.15, 0.2) is 22.7 Å². The van der Waals surface area contributed by atoms with Crippen molar-refractivity contribution in [3.8, 4) is 0 Å². The Hall–Kier alpha value is -1.43. The predicted octanol–water partition coefficient (Wildman–Crippen LogP) is 3.48. The number of carbonyl (C=O) groups is 1. The first-order chi connectivity index (χ1) is 8.86. The zero-order chi connectivity index (χ0) is 14.6. The van der Waals surface area contributed by atoms with E-state index in [0.717, 1.165) is 6.42 Å². The Kier molecular flexibility index (Phi) is 5.47. The van der Waals surface area contributed by atoms with Crippen molar-refractivity contribution < 1.29 is 9.72 Å². The molecule has 0 saturated heterocycles. The van der Waals surface area contributed by atoms with Gasteiger partial charge in [0.05, 0.1) is 9.40 Å². The van der Waals surface area contributed by atoms with Gasteiger partial charge in [0.25, 0.3) is 11.6 Å². The highest BCUT2D eigenvalue weighted by Gasteiger charge is 2.19. The molecule has 19 heavy (non-hydrogen) atoms. The van der Waals surface area contributed by atoms with Gasteiger partial charge in [0.2, 0.25) is 0 Å². The molecular weight excluding hydrogens is 312 g/mol. The van der Waals surface area contributed by atoms with Gasteiger partial charge in [-0.1, -0.05) is 20.3 Å². The van der Waals surface area contributed by atoms with Gasteiger partial charge >= 0.3 is 0 Å². The Balaban J connectivity index is 2.94. The monoisotopic (exact) mass is 328 g/mol. The maximum atomic E-state index is 12.2. The van der Waals surface area contributed by atoms with Crippen LogP contribution < -0.4 is 0 Å². The predicted molar refractivity (Wildman–Crippen MR) is 77.2 cm³/mol. The summed E-state index contributed by atoms with van der Waals surface area (Å²) in [6.45, 7) is 4.76. The first-order valence-corrected chi connectivity index (χ1v) is 6.85. The van der Waals surface area contributed by atoms with Gasteiger partial charge in [-0.2, -0.15) is 0 Å². The Morgan fingerprint density at radius 1 is 1.53 bits per heavy atom. The fraction of sp³-hybridized carbons (Fsp3) is 0.462. The SMILES string of the molecule is CCC(C)CN(C)C(=O)c1ccc(Br)c([N+](=O)[O-])c1. The van der Waals surface area contributed by atoms with E-state index in [4.69, 9.17) is 0 Å². The molecule has 0 radical (unpaired) electrons. The van der Waals surface area contributed by atoms with Crippen molar-refractivity contribution in [2.45, 2.75) is 20.3 Å². The molecule has 0 saturated carbocycles. The summed E-state index contributed by atoms with van der Waals surface area (Å²) in [7, 11) is 1.71. The van der Waals surface area contributed by atoms with E-state index in [-0.39, 0.29) is 11.6 Å². The fourth-order valence-corrected chi connectivity index (χ4v) is 2.08. The van der Waals surface area contributed by atoms with Crippen LogP contribution in [0.2, 0.25) is 0 Å². The third-order valence-electron chi connectivity index (χ3n) is 3.02. The third kappa shape index (κ3) is 4.02. The van der Waals surface area contributed by atoms with Gasteiger partial charge in [-0.15, -0.1) is 0 Å². The second-order valence-electron chi connectivity index (χ2n) is 4.62. The van der Waals surface area contributed by atoms with E-state index in [2.05, 4.69) is 29.8 Å². The van der Waals surface area contributed by atoms with Crippen LogP contribution in [0, 0.1) is 16.0 Å². The average Bonchev–Trinajstić information content (AvgIpc) is 2.37. The molecule has 1 unspecified atom stereocenters. The molecule has 0 N–H and O–H groups in total. The summed E-state index contributed by atoms with van der Waals surface area (Å²) in [4.78, 5) is 24.1. The van der Waals surface area contributed by atoms with E-state index in [0.29, 0.717) is 22.5 Å². The van der Waals surface area contributed by atoms with E-state index >= 15 is 0 Å². The molecule has 0 bridgehead atoms. The van der Waals surface area contributed by atoms with Gasteiger partial charge in [0.1, 0.15) is 0 Å². The second-order valence-corrected chi connectivity index (χ2v) is 5.48. The molecule has 1 amide bonds. The first kappa shape index (κ1) is 15.6. The number of halogens is 1. The summed E-state index contributed by atoms with van der Waals surface area (Å²) in [5.41, 5.74) is 0.239. The van der Waals surface area contributed by atoms with Crippen molar-refractivity contribution in [3.05, 3.63) is 38.3 Å². The zero-order valence-corrected chi connectivity index (χ0v) is 12.8. The van der Waals surface area contributed by atoms with Crippen LogP contribution >= 0.6 is 15.9 Å². The van der Waals surface area contributed by atoms with Gasteiger partial charge in [0, 0.05) is 25.2 Å². The van der Waals surface area contributed by atoms with E-state index in [9.17, 15) is 14.9 Å². The largest absolute Gasteiger partial charge is 0.341 e. The number of nitro benzene ring substituents is 1. The van der Waals surface area contributed by atoms with Gasteiger partial charge < -0.3 is 4.90 Å². The van der Waals surface area contributed by atoms with Crippen LogP contribution in [0.5, 0.6) is 0 Å². The molecule has 5 nitrogen and oxygen atoms in total. The molecule has 6 heteroatoms. The van der Waals surface area contributed by atoms with E-state index in [1.165, 1.54) is 12.1 Å². The van der Waals surface area contributed by atoms with Crippen LogP contribution in [0.25, 0.3) is 0 Å². The minimum Gasteiger partial charge on any atom is -0.341 e. The molecule has 0 aliphatic rings. The number of carbonyl (C=O) groups excluding carboxylic acids is 1. The molecular formula is C13H17BrN2O3. The molecule has 104 valence electrons. The van der Waals surface area contributed by atoms with Crippen LogP contribution in [-0.4, -0.2) is 29.3 Å². The summed E-state index contributed by atoms with van der Waals surface area (Å²) < 4.78 is 0.374. The highest BCUT2D eigenvalue weighted by atomic mass is 79.9. The van der Waals surface area contributed by atoms with Crippen LogP contribution in [0.4, 0.5) is 5.69 Å². The Morgan fingerprint density at radius 2 is 2.16 bits per heavy atom. The van der Waals surface area contributed by atoms with Crippen LogP contribution in [-0.2, 0) is 0 Å². The van der Waals surface area contributed by atoms with E-state index < -0.39 is 4.92 Å². The lowest BCUT2D eigenvalue weighted by molar-refractivity contribution is -0.385. The first-order valence-electron chi connectivity index (χ1n) is 6.06. The van der Waals surface area contributed by atoms with Crippen LogP contribution in [0.3, 0.4) is 0 Å². The highest BCUT2D eigenvalue weighted by Crippen LogP contribution is 2.26. The normalized spacial score (nSPS) is 12.0. The number of nitro groups is 1. The smallest absolute Gasteiger partial charge is 0.284 e. The van der Waals surface area contributed by atoms with Gasteiger partial charge in [-0.3, -0.25) is 14.9 Å². The maximum Gasteiger partial charge on any atom is 0.284 e. The number of hydrogen-bond donors (Lipinski definition) is 0. The average molecular weight is 329 g/mol. The van der Waals surface area contributed by atoms with Crippen molar-refractivity contribution in [1.82, 2.24) is 4.90 Å². The van der Waals surface area contributed by atoms with Crippen molar-refractivity contribution in [3.63, 3.8) is 0 Å². The third-order valence-corrected chi connectivity index (χ3v) is 3.69. The number of rotatable bonds is 5. The maximum absolute atomic E-state index is 12.2. The quantitative estimate of drug-likeness (QED) is 0.614. The van der Waals surface area contributed by atoms with Crippen molar-refractivity contribution >= 4 is 27.5 Å². The molecule has 0 aliphatic carbocycles. The fourth-order valence-electron chi connectivity index (χ4n) is 1.69. The standard InChI is InChI=1S/C13H17BrN2O3/c1-4-9(2)8-15(3)13(17)10-5-6-11(14)12(7-10)16(18)19/h5-7,9H,4,8H2,1-3H3. The molecule has 0 aliphatic heterocycles. The summed E-state index contributed by atoms with van der Waals surface area (Å²) in [6.07, 6.45) is 0.984. The van der Waals surface area contributed by atoms with E-state index in [1.54, 1.807) is 18.0 Å². The van der Waals surface area contributed by atoms with Crippen molar-refractivity contribution in [2.75, 3.05) is 13.6 Å². The van der Waals surface area contributed by atoms with Crippen molar-refractivity contribution in [2.24, 2.45) is 5.92 Å². The second kappa shape index (κ2) is 6.65. The Labute approximate surface area is 120 Å². The molecule has 0 aromatic heterocycles. The van der Waals surface area contributed by atoms with Gasteiger partial charge in [-0.05, 0) is 34.0 Å². The molecule has 1 aromatic carbocycles. The minimum atomic E-state index is -0.504. The molecule has 0 heterocycles. The number of hydrogen-bond acceptors (Lipinski definition) is 3. The lowest BCUT2D eigenvalue weighted by Gasteiger charge is -2.20. The molecule has 0 fully saturated rings. The number of nitrogens with zero attached hydrogens (tertiary/aromatic N) is 2. The molecule has 1 aromatic rings. The zero-order valence-electron chi connectivity index (χ0n) is 11.2.